The SMILES string of the molecule is COc1c(C)cc(CC(N)CC(=O)O)cc1C. The summed E-state index contributed by atoms with van der Waals surface area (Å²) < 4.78 is 5.27. The lowest BCUT2D eigenvalue weighted by Crippen LogP contribution is -2.26. The number of carboxylic acids is 1. The fourth-order valence-electron chi connectivity index (χ4n) is 2.08. The summed E-state index contributed by atoms with van der Waals surface area (Å²) in [5.41, 5.74) is 8.91. The Labute approximate surface area is 101 Å². The zero-order valence-corrected chi connectivity index (χ0v) is 10.5. The predicted octanol–water partition coefficient (Wildman–Crippen LogP) is 1.66. The van der Waals surface area contributed by atoms with Crippen LogP contribution >= 0.6 is 0 Å². The Balaban J connectivity index is 2.83. The number of carboxylic acid groups (broad SMARTS) is 1. The Morgan fingerprint density at radius 1 is 1.41 bits per heavy atom. The third-order valence-electron chi connectivity index (χ3n) is 2.66. The number of carbonyl (C=O) groups is 1. The summed E-state index contributed by atoms with van der Waals surface area (Å²) in [7, 11) is 1.64. The number of hydrogen-bond donors (Lipinski definition) is 2. The van der Waals surface area contributed by atoms with Gasteiger partial charge in [0.2, 0.25) is 0 Å². The minimum Gasteiger partial charge on any atom is -0.496 e. The van der Waals surface area contributed by atoms with Crippen LogP contribution in [0.3, 0.4) is 0 Å². The van der Waals surface area contributed by atoms with Crippen molar-refractivity contribution in [3.05, 3.63) is 28.8 Å². The average molecular weight is 237 g/mol. The van der Waals surface area contributed by atoms with Gasteiger partial charge in [0.25, 0.3) is 0 Å². The van der Waals surface area contributed by atoms with Gasteiger partial charge in [-0.05, 0) is 37.0 Å². The summed E-state index contributed by atoms with van der Waals surface area (Å²) in [4.78, 5) is 10.5. The van der Waals surface area contributed by atoms with Crippen molar-refractivity contribution in [2.24, 2.45) is 5.73 Å². The molecule has 1 aromatic rings. The number of ether oxygens (including phenoxy) is 1. The summed E-state index contributed by atoms with van der Waals surface area (Å²) in [6.07, 6.45) is 0.558. The maximum Gasteiger partial charge on any atom is 0.304 e. The van der Waals surface area contributed by atoms with E-state index in [1.165, 1.54) is 0 Å². The van der Waals surface area contributed by atoms with E-state index in [0.717, 1.165) is 22.4 Å². The van der Waals surface area contributed by atoms with Gasteiger partial charge in [-0.15, -0.1) is 0 Å². The predicted molar refractivity (Wildman–Crippen MR) is 66.4 cm³/mol. The molecule has 0 heterocycles. The van der Waals surface area contributed by atoms with Gasteiger partial charge in [-0.25, -0.2) is 0 Å². The van der Waals surface area contributed by atoms with Crippen LogP contribution < -0.4 is 10.5 Å². The van der Waals surface area contributed by atoms with E-state index in [1.54, 1.807) is 7.11 Å². The Bertz CT molecular complexity index is 392. The highest BCUT2D eigenvalue weighted by atomic mass is 16.5. The van der Waals surface area contributed by atoms with E-state index in [4.69, 9.17) is 15.6 Å². The lowest BCUT2D eigenvalue weighted by molar-refractivity contribution is -0.137. The number of methoxy groups -OCH3 is 1. The molecule has 1 unspecified atom stereocenters. The van der Waals surface area contributed by atoms with Crippen LogP contribution in [0.4, 0.5) is 0 Å². The number of rotatable bonds is 5. The van der Waals surface area contributed by atoms with E-state index in [0.29, 0.717) is 6.42 Å². The molecule has 0 fully saturated rings. The molecule has 0 radical (unpaired) electrons. The van der Waals surface area contributed by atoms with Gasteiger partial charge in [0.15, 0.2) is 0 Å². The fraction of sp³-hybridized carbons (Fsp3) is 0.462. The van der Waals surface area contributed by atoms with Crippen LogP contribution in [-0.2, 0) is 11.2 Å². The molecule has 3 N–H and O–H groups in total. The van der Waals surface area contributed by atoms with Crippen LogP contribution in [0.1, 0.15) is 23.1 Å². The van der Waals surface area contributed by atoms with Crippen LogP contribution in [0.25, 0.3) is 0 Å². The van der Waals surface area contributed by atoms with E-state index < -0.39 is 5.97 Å². The quantitative estimate of drug-likeness (QED) is 0.816. The minimum atomic E-state index is -0.862. The molecule has 0 spiro atoms. The maximum atomic E-state index is 10.5. The topological polar surface area (TPSA) is 72.5 Å². The molecule has 0 aliphatic carbocycles. The number of aliphatic carboxylic acids is 1. The largest absolute Gasteiger partial charge is 0.496 e. The zero-order chi connectivity index (χ0) is 13.0. The van der Waals surface area contributed by atoms with Gasteiger partial charge in [0.1, 0.15) is 5.75 Å². The molecule has 0 bridgehead atoms. The molecule has 4 heteroatoms. The second kappa shape index (κ2) is 5.68. The highest BCUT2D eigenvalue weighted by molar-refractivity contribution is 5.67. The molecule has 0 saturated carbocycles. The monoisotopic (exact) mass is 237 g/mol. The first-order valence-corrected chi connectivity index (χ1v) is 5.55. The Morgan fingerprint density at radius 3 is 2.35 bits per heavy atom. The molecule has 17 heavy (non-hydrogen) atoms. The standard InChI is InChI=1S/C13H19NO3/c1-8-4-10(5-9(2)13(8)17-3)6-11(14)7-12(15)16/h4-5,11H,6-7,14H2,1-3H3,(H,15,16). The van der Waals surface area contributed by atoms with Gasteiger partial charge in [-0.2, -0.15) is 0 Å². The van der Waals surface area contributed by atoms with Crippen molar-refractivity contribution in [1.82, 2.24) is 0 Å². The molecule has 1 rings (SSSR count). The molecule has 1 aromatic carbocycles. The number of hydrogen-bond acceptors (Lipinski definition) is 3. The first-order valence-electron chi connectivity index (χ1n) is 5.55. The second-order valence-electron chi connectivity index (χ2n) is 4.32. The summed E-state index contributed by atoms with van der Waals surface area (Å²) >= 11 is 0. The highest BCUT2D eigenvalue weighted by Gasteiger charge is 2.11. The average Bonchev–Trinajstić information content (AvgIpc) is 2.15. The summed E-state index contributed by atoms with van der Waals surface area (Å²) in [6, 6.07) is 3.64. The van der Waals surface area contributed by atoms with Gasteiger partial charge in [0.05, 0.1) is 13.5 Å². The lowest BCUT2D eigenvalue weighted by Gasteiger charge is -2.13. The van der Waals surface area contributed by atoms with Crippen LogP contribution in [0.2, 0.25) is 0 Å². The molecule has 1 atom stereocenters. The lowest BCUT2D eigenvalue weighted by atomic mass is 9.99. The van der Waals surface area contributed by atoms with Gasteiger partial charge < -0.3 is 15.6 Å². The van der Waals surface area contributed by atoms with E-state index in [-0.39, 0.29) is 12.5 Å². The van der Waals surface area contributed by atoms with Crippen molar-refractivity contribution in [3.63, 3.8) is 0 Å². The van der Waals surface area contributed by atoms with E-state index in [9.17, 15) is 4.79 Å². The molecule has 4 nitrogen and oxygen atoms in total. The van der Waals surface area contributed by atoms with Crippen LogP contribution in [-0.4, -0.2) is 24.2 Å². The van der Waals surface area contributed by atoms with Gasteiger partial charge in [0, 0.05) is 6.04 Å². The molecular weight excluding hydrogens is 218 g/mol. The smallest absolute Gasteiger partial charge is 0.304 e. The van der Waals surface area contributed by atoms with Gasteiger partial charge in [-0.1, -0.05) is 12.1 Å². The van der Waals surface area contributed by atoms with E-state index in [2.05, 4.69) is 0 Å². The van der Waals surface area contributed by atoms with Gasteiger partial charge >= 0.3 is 5.97 Å². The second-order valence-corrected chi connectivity index (χ2v) is 4.32. The maximum absolute atomic E-state index is 10.5. The summed E-state index contributed by atoms with van der Waals surface area (Å²) in [6.45, 7) is 3.94. The molecule has 0 amide bonds. The first kappa shape index (κ1) is 13.5. The Kier molecular flexibility index (Phi) is 4.52. The number of benzene rings is 1. The normalized spacial score (nSPS) is 12.2. The van der Waals surface area contributed by atoms with Crippen molar-refractivity contribution in [2.75, 3.05) is 7.11 Å². The minimum absolute atomic E-state index is 0.00980. The van der Waals surface area contributed by atoms with Crippen LogP contribution in [0.5, 0.6) is 5.75 Å². The van der Waals surface area contributed by atoms with E-state index in [1.807, 2.05) is 26.0 Å². The third kappa shape index (κ3) is 3.75. The zero-order valence-electron chi connectivity index (χ0n) is 10.5. The van der Waals surface area contributed by atoms with Crippen molar-refractivity contribution in [2.45, 2.75) is 32.7 Å². The van der Waals surface area contributed by atoms with Crippen molar-refractivity contribution in [3.8, 4) is 5.75 Å². The summed E-state index contributed by atoms with van der Waals surface area (Å²) in [5.74, 6) is 0.0139. The molecule has 94 valence electrons. The molecular formula is C13H19NO3. The van der Waals surface area contributed by atoms with Crippen molar-refractivity contribution < 1.29 is 14.6 Å². The molecule has 0 aromatic heterocycles. The van der Waals surface area contributed by atoms with Crippen LogP contribution in [0.15, 0.2) is 12.1 Å². The van der Waals surface area contributed by atoms with Crippen molar-refractivity contribution >= 4 is 5.97 Å². The third-order valence-corrected chi connectivity index (χ3v) is 2.66. The van der Waals surface area contributed by atoms with Gasteiger partial charge in [-0.3, -0.25) is 4.79 Å². The van der Waals surface area contributed by atoms with Crippen LogP contribution in [0, 0.1) is 13.8 Å². The van der Waals surface area contributed by atoms with Crippen molar-refractivity contribution in [1.29, 1.82) is 0 Å². The van der Waals surface area contributed by atoms with E-state index >= 15 is 0 Å². The first-order chi connectivity index (χ1) is 7.93. The highest BCUT2D eigenvalue weighted by Crippen LogP contribution is 2.24. The molecule has 0 saturated heterocycles. The molecule has 0 aliphatic rings. The Morgan fingerprint density at radius 2 is 1.94 bits per heavy atom. The fourth-order valence-corrected chi connectivity index (χ4v) is 2.08. The molecule has 0 aliphatic heterocycles. The number of nitrogens with two attached hydrogens (primary N) is 1. The summed E-state index contributed by atoms with van der Waals surface area (Å²) in [5, 5.41) is 8.65. The Hall–Kier alpha value is -1.55. The number of aryl methyl sites for hydroxylation is 2.